The number of nitrogens with one attached hydrogen (secondary N) is 2. The van der Waals surface area contributed by atoms with Gasteiger partial charge in [0.15, 0.2) is 12.4 Å². The molecule has 0 bridgehead atoms. The number of fused-ring (bicyclic) bond motifs is 2. The highest BCUT2D eigenvalue weighted by Gasteiger charge is 2.22. The number of benzene rings is 2. The second kappa shape index (κ2) is 6.56. The summed E-state index contributed by atoms with van der Waals surface area (Å²) in [6.45, 7) is 0.227. The Balaban J connectivity index is 1.53. The SMILES string of the molecule is CN1C(=O)COc2ccc(CNC(=O)c3nc4ccccc4c(=O)[nH]3)cc21. The van der Waals surface area contributed by atoms with E-state index in [1.54, 1.807) is 49.5 Å². The van der Waals surface area contributed by atoms with Crippen LogP contribution >= 0.6 is 0 Å². The third-order valence-corrected chi connectivity index (χ3v) is 4.39. The highest BCUT2D eigenvalue weighted by molar-refractivity contribution is 5.97. The summed E-state index contributed by atoms with van der Waals surface area (Å²) in [5, 5.41) is 3.15. The fraction of sp³-hybridized carbons (Fsp3) is 0.158. The standard InChI is InChI=1S/C19H16N4O4/c1-23-14-8-11(6-7-15(14)27-10-16(23)24)9-20-19(26)17-21-13-5-3-2-4-12(13)18(25)22-17/h2-8H,9-10H2,1H3,(H,20,26)(H,21,22,25). The van der Waals surface area contributed by atoms with E-state index in [1.807, 2.05) is 0 Å². The number of hydrogen-bond donors (Lipinski definition) is 2. The molecular formula is C19H16N4O4. The molecule has 1 aliphatic heterocycles. The van der Waals surface area contributed by atoms with Gasteiger partial charge in [-0.3, -0.25) is 14.4 Å². The zero-order chi connectivity index (χ0) is 19.0. The molecule has 0 aliphatic carbocycles. The fourth-order valence-electron chi connectivity index (χ4n) is 2.89. The number of carbonyl (C=O) groups is 2. The van der Waals surface area contributed by atoms with Gasteiger partial charge in [0, 0.05) is 13.6 Å². The maximum absolute atomic E-state index is 12.4. The largest absolute Gasteiger partial charge is 0.482 e. The third-order valence-electron chi connectivity index (χ3n) is 4.39. The summed E-state index contributed by atoms with van der Waals surface area (Å²) in [6.07, 6.45) is 0. The Morgan fingerprint density at radius 1 is 1.26 bits per heavy atom. The van der Waals surface area contributed by atoms with Crippen molar-refractivity contribution in [3.05, 3.63) is 64.2 Å². The minimum Gasteiger partial charge on any atom is -0.482 e. The minimum absolute atomic E-state index is 0.0145. The first-order valence-electron chi connectivity index (χ1n) is 8.32. The molecule has 2 aromatic carbocycles. The molecule has 2 N–H and O–H groups in total. The molecule has 0 fully saturated rings. The molecule has 3 aromatic rings. The number of rotatable bonds is 3. The predicted molar refractivity (Wildman–Crippen MR) is 98.9 cm³/mol. The van der Waals surface area contributed by atoms with Crippen molar-refractivity contribution in [2.24, 2.45) is 0 Å². The quantitative estimate of drug-likeness (QED) is 0.727. The molecular weight excluding hydrogens is 348 g/mol. The Morgan fingerprint density at radius 2 is 2.07 bits per heavy atom. The normalized spacial score (nSPS) is 13.2. The van der Waals surface area contributed by atoms with Crippen LogP contribution in [0.4, 0.5) is 5.69 Å². The summed E-state index contributed by atoms with van der Waals surface area (Å²) in [5.41, 5.74) is 1.53. The summed E-state index contributed by atoms with van der Waals surface area (Å²) >= 11 is 0. The second-order valence-electron chi connectivity index (χ2n) is 6.16. The van der Waals surface area contributed by atoms with Crippen LogP contribution < -0.4 is 20.5 Å². The number of para-hydroxylation sites is 1. The van der Waals surface area contributed by atoms with Crippen molar-refractivity contribution in [1.82, 2.24) is 15.3 Å². The second-order valence-corrected chi connectivity index (χ2v) is 6.16. The van der Waals surface area contributed by atoms with Crippen LogP contribution in [-0.4, -0.2) is 35.4 Å². The lowest BCUT2D eigenvalue weighted by atomic mass is 10.1. The number of nitrogens with zero attached hydrogens (tertiary/aromatic N) is 2. The van der Waals surface area contributed by atoms with Gasteiger partial charge < -0.3 is 19.9 Å². The number of hydrogen-bond acceptors (Lipinski definition) is 5. The van der Waals surface area contributed by atoms with Gasteiger partial charge in [-0.1, -0.05) is 18.2 Å². The van der Waals surface area contributed by atoms with Crippen molar-refractivity contribution in [3.8, 4) is 5.75 Å². The van der Waals surface area contributed by atoms with Crippen molar-refractivity contribution >= 4 is 28.4 Å². The number of aromatic amines is 1. The molecule has 0 atom stereocenters. The van der Waals surface area contributed by atoms with Crippen molar-refractivity contribution in [3.63, 3.8) is 0 Å². The van der Waals surface area contributed by atoms with E-state index in [0.29, 0.717) is 22.3 Å². The van der Waals surface area contributed by atoms with Crippen LogP contribution in [0.2, 0.25) is 0 Å². The Hall–Kier alpha value is -3.68. The molecule has 0 saturated carbocycles. The highest BCUT2D eigenvalue weighted by Crippen LogP contribution is 2.31. The van der Waals surface area contributed by atoms with Crippen LogP contribution in [0.5, 0.6) is 5.75 Å². The molecule has 1 aromatic heterocycles. The van der Waals surface area contributed by atoms with Gasteiger partial charge in [0.05, 0.1) is 16.6 Å². The summed E-state index contributed by atoms with van der Waals surface area (Å²) in [5.74, 6) is -0.0575. The van der Waals surface area contributed by atoms with Crippen LogP contribution in [0.25, 0.3) is 10.9 Å². The Bertz CT molecular complexity index is 1120. The maximum atomic E-state index is 12.4. The molecule has 8 nitrogen and oxygen atoms in total. The third kappa shape index (κ3) is 3.12. The van der Waals surface area contributed by atoms with E-state index in [0.717, 1.165) is 5.56 Å². The topological polar surface area (TPSA) is 104 Å². The first-order valence-corrected chi connectivity index (χ1v) is 8.32. The van der Waals surface area contributed by atoms with Gasteiger partial charge in [0.1, 0.15) is 5.75 Å². The lowest BCUT2D eigenvalue weighted by Gasteiger charge is -2.26. The lowest BCUT2D eigenvalue weighted by Crippen LogP contribution is -2.35. The van der Waals surface area contributed by atoms with Crippen molar-refractivity contribution < 1.29 is 14.3 Å². The summed E-state index contributed by atoms with van der Waals surface area (Å²) < 4.78 is 5.38. The smallest absolute Gasteiger partial charge is 0.287 e. The van der Waals surface area contributed by atoms with Crippen LogP contribution in [0.1, 0.15) is 16.2 Å². The van der Waals surface area contributed by atoms with E-state index >= 15 is 0 Å². The van der Waals surface area contributed by atoms with Crippen LogP contribution in [-0.2, 0) is 11.3 Å². The number of likely N-dealkylation sites (N-methyl/N-ethyl adjacent to an activating group) is 1. The summed E-state index contributed by atoms with van der Waals surface area (Å²) in [4.78, 5) is 44.4. The molecule has 0 radical (unpaired) electrons. The van der Waals surface area contributed by atoms with E-state index in [4.69, 9.17) is 4.74 Å². The molecule has 8 heteroatoms. The van der Waals surface area contributed by atoms with Gasteiger partial charge in [-0.2, -0.15) is 0 Å². The van der Waals surface area contributed by atoms with Gasteiger partial charge in [-0.15, -0.1) is 0 Å². The molecule has 4 rings (SSSR count). The predicted octanol–water partition coefficient (Wildman–Crippen LogP) is 1.21. The first kappa shape index (κ1) is 16.8. The van der Waals surface area contributed by atoms with E-state index in [1.165, 1.54) is 4.90 Å². The molecule has 0 saturated heterocycles. The monoisotopic (exact) mass is 364 g/mol. The number of ether oxygens (including phenoxy) is 1. The Labute approximate surface area is 153 Å². The highest BCUT2D eigenvalue weighted by atomic mass is 16.5. The van der Waals surface area contributed by atoms with Gasteiger partial charge in [-0.25, -0.2) is 4.98 Å². The van der Waals surface area contributed by atoms with Crippen LogP contribution in [0.15, 0.2) is 47.3 Å². The number of amides is 2. The number of aromatic nitrogens is 2. The number of anilines is 1. The van der Waals surface area contributed by atoms with Gasteiger partial charge in [0.25, 0.3) is 17.4 Å². The van der Waals surface area contributed by atoms with Crippen LogP contribution in [0, 0.1) is 0 Å². The van der Waals surface area contributed by atoms with Gasteiger partial charge in [-0.05, 0) is 29.8 Å². The maximum Gasteiger partial charge on any atom is 0.287 e. The zero-order valence-corrected chi connectivity index (χ0v) is 14.5. The lowest BCUT2D eigenvalue weighted by molar-refractivity contribution is -0.120. The van der Waals surface area contributed by atoms with Gasteiger partial charge in [0.2, 0.25) is 0 Å². The first-order chi connectivity index (χ1) is 13.0. The molecule has 2 amide bonds. The van der Waals surface area contributed by atoms with Crippen molar-refractivity contribution in [2.75, 3.05) is 18.6 Å². The van der Waals surface area contributed by atoms with Crippen molar-refractivity contribution in [1.29, 1.82) is 0 Å². The fourth-order valence-corrected chi connectivity index (χ4v) is 2.89. The van der Waals surface area contributed by atoms with E-state index in [2.05, 4.69) is 15.3 Å². The molecule has 1 aliphatic rings. The molecule has 0 unspecified atom stereocenters. The average Bonchev–Trinajstić information content (AvgIpc) is 2.69. The average molecular weight is 364 g/mol. The van der Waals surface area contributed by atoms with E-state index in [-0.39, 0.29) is 30.4 Å². The Morgan fingerprint density at radius 3 is 2.93 bits per heavy atom. The zero-order valence-electron chi connectivity index (χ0n) is 14.5. The van der Waals surface area contributed by atoms with Crippen LogP contribution in [0.3, 0.4) is 0 Å². The number of carbonyl (C=O) groups excluding carboxylic acids is 2. The van der Waals surface area contributed by atoms with E-state index in [9.17, 15) is 14.4 Å². The van der Waals surface area contributed by atoms with Crippen molar-refractivity contribution in [2.45, 2.75) is 6.54 Å². The molecule has 0 spiro atoms. The molecule has 136 valence electrons. The number of H-pyrrole nitrogens is 1. The summed E-state index contributed by atoms with van der Waals surface area (Å²) in [6, 6.07) is 12.2. The van der Waals surface area contributed by atoms with Gasteiger partial charge >= 0.3 is 0 Å². The Kier molecular flexibility index (Phi) is 4.08. The van der Waals surface area contributed by atoms with E-state index < -0.39 is 5.91 Å². The molecule has 2 heterocycles. The minimum atomic E-state index is -0.490. The summed E-state index contributed by atoms with van der Waals surface area (Å²) in [7, 11) is 1.68. The molecule has 27 heavy (non-hydrogen) atoms.